The van der Waals surface area contributed by atoms with Gasteiger partial charge in [0.2, 0.25) is 5.91 Å². The second-order valence-corrected chi connectivity index (χ2v) is 6.73. The summed E-state index contributed by atoms with van der Waals surface area (Å²) in [6.07, 6.45) is 0.868. The van der Waals surface area contributed by atoms with Crippen molar-refractivity contribution in [1.82, 2.24) is 15.1 Å². The standard InChI is InChI=1S/C19H29ClN4O3/c1-21-19(22-8-3-11-27-13-12-26-2)24-10-9-23(18(25)15-24)14-16-4-6-17(20)7-5-16/h4-7H,3,8-15H2,1-2H3,(H,21,22). The first-order valence-corrected chi connectivity index (χ1v) is 9.56. The highest BCUT2D eigenvalue weighted by molar-refractivity contribution is 6.30. The number of carbonyl (C=O) groups excluding carboxylic acids is 1. The summed E-state index contributed by atoms with van der Waals surface area (Å²) < 4.78 is 10.4. The van der Waals surface area contributed by atoms with Gasteiger partial charge >= 0.3 is 0 Å². The molecular formula is C19H29ClN4O3. The lowest BCUT2D eigenvalue weighted by molar-refractivity contribution is -0.135. The molecule has 1 aliphatic rings. The Kier molecular flexibility index (Phi) is 9.38. The van der Waals surface area contributed by atoms with Crippen molar-refractivity contribution in [3.63, 3.8) is 0 Å². The Bertz CT molecular complexity index is 609. The fourth-order valence-corrected chi connectivity index (χ4v) is 2.94. The number of nitrogens with one attached hydrogen (secondary N) is 1. The van der Waals surface area contributed by atoms with E-state index in [-0.39, 0.29) is 5.91 Å². The van der Waals surface area contributed by atoms with Crippen LogP contribution in [0.25, 0.3) is 0 Å². The summed E-state index contributed by atoms with van der Waals surface area (Å²) in [6, 6.07) is 7.61. The van der Waals surface area contributed by atoms with Gasteiger partial charge in [0, 0.05) is 52.0 Å². The van der Waals surface area contributed by atoms with Gasteiger partial charge in [0.1, 0.15) is 0 Å². The van der Waals surface area contributed by atoms with Gasteiger partial charge in [0.05, 0.1) is 19.8 Å². The maximum atomic E-state index is 12.5. The summed E-state index contributed by atoms with van der Waals surface area (Å²) in [5.74, 6) is 0.855. The van der Waals surface area contributed by atoms with Crippen LogP contribution in [-0.4, -0.2) is 81.8 Å². The molecule has 1 aliphatic heterocycles. The van der Waals surface area contributed by atoms with E-state index >= 15 is 0 Å². The van der Waals surface area contributed by atoms with Crippen molar-refractivity contribution in [2.24, 2.45) is 4.99 Å². The molecule has 0 bridgehead atoms. The van der Waals surface area contributed by atoms with Crippen LogP contribution < -0.4 is 5.32 Å². The van der Waals surface area contributed by atoms with E-state index in [2.05, 4.69) is 10.3 Å². The molecule has 1 heterocycles. The molecule has 0 unspecified atom stereocenters. The van der Waals surface area contributed by atoms with Gasteiger partial charge < -0.3 is 24.6 Å². The van der Waals surface area contributed by atoms with Crippen molar-refractivity contribution in [3.8, 4) is 0 Å². The number of hydrogen-bond donors (Lipinski definition) is 1. The van der Waals surface area contributed by atoms with Crippen molar-refractivity contribution in [1.29, 1.82) is 0 Å². The molecule has 1 aromatic rings. The summed E-state index contributed by atoms with van der Waals surface area (Å²) in [5, 5.41) is 4.00. The summed E-state index contributed by atoms with van der Waals surface area (Å²) in [6.45, 7) is 4.99. The summed E-state index contributed by atoms with van der Waals surface area (Å²) in [5.41, 5.74) is 1.08. The number of nitrogens with zero attached hydrogens (tertiary/aromatic N) is 3. The highest BCUT2D eigenvalue weighted by Crippen LogP contribution is 2.13. The summed E-state index contributed by atoms with van der Waals surface area (Å²) >= 11 is 5.92. The molecule has 27 heavy (non-hydrogen) atoms. The average molecular weight is 397 g/mol. The third-order valence-electron chi connectivity index (χ3n) is 4.30. The van der Waals surface area contributed by atoms with Gasteiger partial charge in [0.15, 0.2) is 5.96 Å². The molecule has 0 spiro atoms. The Balaban J connectivity index is 1.73. The Labute approximate surface area is 166 Å². The molecule has 1 saturated heterocycles. The fraction of sp³-hybridized carbons (Fsp3) is 0.579. The fourth-order valence-electron chi connectivity index (χ4n) is 2.82. The lowest BCUT2D eigenvalue weighted by atomic mass is 10.2. The first-order valence-electron chi connectivity index (χ1n) is 9.18. The van der Waals surface area contributed by atoms with Crippen LogP contribution in [0.1, 0.15) is 12.0 Å². The van der Waals surface area contributed by atoms with Gasteiger partial charge in [-0.15, -0.1) is 0 Å². The first kappa shape index (κ1) is 21.5. The van der Waals surface area contributed by atoms with Gasteiger partial charge in [-0.1, -0.05) is 23.7 Å². The monoisotopic (exact) mass is 396 g/mol. The molecule has 0 aromatic heterocycles. The van der Waals surface area contributed by atoms with E-state index < -0.39 is 0 Å². The Morgan fingerprint density at radius 1 is 1.22 bits per heavy atom. The minimum atomic E-state index is 0.0991. The molecule has 1 N–H and O–H groups in total. The van der Waals surface area contributed by atoms with Gasteiger partial charge in [-0.05, 0) is 24.1 Å². The predicted molar refractivity (Wildman–Crippen MR) is 107 cm³/mol. The molecular weight excluding hydrogens is 368 g/mol. The molecule has 2 rings (SSSR count). The third-order valence-corrected chi connectivity index (χ3v) is 4.55. The maximum Gasteiger partial charge on any atom is 0.242 e. The van der Waals surface area contributed by atoms with Gasteiger partial charge in [-0.25, -0.2) is 0 Å². The topological polar surface area (TPSA) is 66.4 Å². The second kappa shape index (κ2) is 11.8. The van der Waals surface area contributed by atoms with E-state index in [9.17, 15) is 4.79 Å². The molecule has 0 aliphatic carbocycles. The first-order chi connectivity index (χ1) is 13.1. The third kappa shape index (κ3) is 7.36. The molecule has 150 valence electrons. The number of methoxy groups -OCH3 is 1. The van der Waals surface area contributed by atoms with Crippen molar-refractivity contribution >= 4 is 23.5 Å². The van der Waals surface area contributed by atoms with E-state index in [1.54, 1.807) is 14.2 Å². The normalized spacial score (nSPS) is 15.4. The summed E-state index contributed by atoms with van der Waals surface area (Å²) in [7, 11) is 3.40. The van der Waals surface area contributed by atoms with Crippen LogP contribution in [0.15, 0.2) is 29.3 Å². The Morgan fingerprint density at radius 3 is 2.67 bits per heavy atom. The van der Waals surface area contributed by atoms with Crippen LogP contribution in [0.4, 0.5) is 0 Å². The number of aliphatic imine (C=N–C) groups is 1. The lowest BCUT2D eigenvalue weighted by Gasteiger charge is -2.36. The molecule has 8 heteroatoms. The van der Waals surface area contributed by atoms with Gasteiger partial charge in [-0.3, -0.25) is 9.79 Å². The van der Waals surface area contributed by atoms with Crippen molar-refractivity contribution in [2.45, 2.75) is 13.0 Å². The van der Waals surface area contributed by atoms with E-state index in [1.807, 2.05) is 34.1 Å². The van der Waals surface area contributed by atoms with Crippen LogP contribution in [0.5, 0.6) is 0 Å². The number of piperazine rings is 1. The Hall–Kier alpha value is -1.83. The number of amides is 1. The highest BCUT2D eigenvalue weighted by atomic mass is 35.5. The molecule has 7 nitrogen and oxygen atoms in total. The second-order valence-electron chi connectivity index (χ2n) is 6.30. The Morgan fingerprint density at radius 2 is 2.00 bits per heavy atom. The predicted octanol–water partition coefficient (Wildman–Crippen LogP) is 1.61. The zero-order valence-corrected chi connectivity index (χ0v) is 16.9. The van der Waals surface area contributed by atoms with Gasteiger partial charge in [-0.2, -0.15) is 0 Å². The number of carbonyl (C=O) groups is 1. The number of halogens is 1. The number of guanidine groups is 1. The molecule has 0 radical (unpaired) electrons. The highest BCUT2D eigenvalue weighted by Gasteiger charge is 2.25. The van der Waals surface area contributed by atoms with E-state index in [0.717, 1.165) is 31.0 Å². The van der Waals surface area contributed by atoms with Crippen LogP contribution in [0.2, 0.25) is 5.02 Å². The molecule has 1 aromatic carbocycles. The number of hydrogen-bond acceptors (Lipinski definition) is 4. The lowest BCUT2D eigenvalue weighted by Crippen LogP contribution is -2.55. The smallest absolute Gasteiger partial charge is 0.242 e. The quantitative estimate of drug-likeness (QED) is 0.390. The van der Waals surface area contributed by atoms with Crippen LogP contribution in [0.3, 0.4) is 0 Å². The minimum absolute atomic E-state index is 0.0991. The average Bonchev–Trinajstić information content (AvgIpc) is 2.67. The molecule has 1 fully saturated rings. The number of ether oxygens (including phenoxy) is 2. The van der Waals surface area contributed by atoms with Crippen LogP contribution in [-0.2, 0) is 20.8 Å². The van der Waals surface area contributed by atoms with E-state index in [4.69, 9.17) is 21.1 Å². The number of rotatable bonds is 9. The number of benzene rings is 1. The zero-order valence-electron chi connectivity index (χ0n) is 16.1. The van der Waals surface area contributed by atoms with Crippen LogP contribution >= 0.6 is 11.6 Å². The summed E-state index contributed by atoms with van der Waals surface area (Å²) in [4.78, 5) is 20.7. The van der Waals surface area contributed by atoms with E-state index in [0.29, 0.717) is 44.5 Å². The van der Waals surface area contributed by atoms with E-state index in [1.165, 1.54) is 0 Å². The SMILES string of the molecule is CN=C(NCCCOCCOC)N1CCN(Cc2ccc(Cl)cc2)C(=O)C1. The van der Waals surface area contributed by atoms with Crippen molar-refractivity contribution < 1.29 is 14.3 Å². The largest absolute Gasteiger partial charge is 0.382 e. The van der Waals surface area contributed by atoms with Crippen LogP contribution in [0, 0.1) is 0 Å². The molecule has 0 atom stereocenters. The molecule has 1 amide bonds. The maximum absolute atomic E-state index is 12.5. The molecule has 0 saturated carbocycles. The van der Waals surface area contributed by atoms with Crippen molar-refractivity contribution in [2.75, 3.05) is 60.2 Å². The zero-order chi connectivity index (χ0) is 19.5. The van der Waals surface area contributed by atoms with Gasteiger partial charge in [0.25, 0.3) is 0 Å². The minimum Gasteiger partial charge on any atom is -0.382 e. The van der Waals surface area contributed by atoms with Crippen molar-refractivity contribution in [3.05, 3.63) is 34.9 Å².